The molecule has 0 aliphatic rings. The maximum absolute atomic E-state index is 12.9. The molecule has 0 radical (unpaired) electrons. The van der Waals surface area contributed by atoms with E-state index in [0.29, 0.717) is 56.8 Å². The summed E-state index contributed by atoms with van der Waals surface area (Å²) in [7, 11) is -1.49. The molecule has 8 aromatic rings. The van der Waals surface area contributed by atoms with Crippen LogP contribution in [0.1, 0.15) is 7.43 Å². The van der Waals surface area contributed by atoms with Crippen molar-refractivity contribution in [3.63, 3.8) is 0 Å². The summed E-state index contributed by atoms with van der Waals surface area (Å²) in [4.78, 5) is 15.8. The summed E-state index contributed by atoms with van der Waals surface area (Å²) in [5.74, 6) is 2.47. The van der Waals surface area contributed by atoms with E-state index in [2.05, 4.69) is 62.9 Å². The van der Waals surface area contributed by atoms with E-state index in [1.165, 1.54) is 49.1 Å². The molecule has 0 aliphatic carbocycles. The zero-order valence-corrected chi connectivity index (χ0v) is 28.8. The molecule has 4 aromatic heterocycles. The van der Waals surface area contributed by atoms with Gasteiger partial charge in [0.05, 0.1) is 16.5 Å². The van der Waals surface area contributed by atoms with Crippen LogP contribution in [-0.2, 0) is 0 Å². The molecule has 53 heavy (non-hydrogen) atoms. The summed E-state index contributed by atoms with van der Waals surface area (Å²) in [5, 5.41) is 33.0. The third kappa shape index (κ3) is 9.55. The van der Waals surface area contributed by atoms with Crippen molar-refractivity contribution in [2.45, 2.75) is 7.43 Å². The van der Waals surface area contributed by atoms with Gasteiger partial charge in [-0.2, -0.15) is 10.2 Å². The number of fused-ring (bicyclic) bond motifs is 2. The zero-order valence-electron chi connectivity index (χ0n) is 26.7. The van der Waals surface area contributed by atoms with Crippen molar-refractivity contribution in [1.82, 2.24) is 40.3 Å². The lowest BCUT2D eigenvalue weighted by atomic mass is 9.80. The highest BCUT2D eigenvalue weighted by Crippen LogP contribution is 2.30. The maximum atomic E-state index is 12.9. The first kappa shape index (κ1) is 38.0. The second kappa shape index (κ2) is 17.3. The number of nitrogens with two attached hydrogens (primary N) is 2. The fraction of sp³-hybridized carbons (Fsp3) is 0.0286. The summed E-state index contributed by atoms with van der Waals surface area (Å²) in [5.41, 5.74) is 14.6. The Morgan fingerprint density at radius 2 is 1.00 bits per heavy atom. The van der Waals surface area contributed by atoms with Crippen LogP contribution in [-0.4, -0.2) is 57.5 Å². The topological polar surface area (TPSA) is 220 Å². The number of ether oxygens (including phenoxy) is 2. The summed E-state index contributed by atoms with van der Waals surface area (Å²) in [6.45, 7) is 0. The third-order valence-electron chi connectivity index (χ3n) is 7.14. The van der Waals surface area contributed by atoms with Crippen molar-refractivity contribution < 1.29 is 28.3 Å². The molecule has 0 unspecified atom stereocenters. The molecule has 4 heterocycles. The first-order valence-electron chi connectivity index (χ1n) is 15.1. The smallest absolute Gasteiger partial charge is 0.457 e. The monoisotopic (exact) mass is 830 g/mol. The molecule has 4 aromatic carbocycles. The molecule has 0 atom stereocenters. The normalized spacial score (nSPS) is 10.4. The first-order chi connectivity index (χ1) is 25.1. The fourth-order valence-corrected chi connectivity index (χ4v) is 5.24. The largest absolute Gasteiger partial charge is 0.488 e. The van der Waals surface area contributed by atoms with E-state index < -0.39 is 7.12 Å². The van der Waals surface area contributed by atoms with Crippen molar-refractivity contribution in [2.75, 3.05) is 11.5 Å². The molecule has 268 valence electrons. The predicted octanol–water partition coefficient (Wildman–Crippen LogP) is 6.01. The third-order valence-corrected chi connectivity index (χ3v) is 7.92. The van der Waals surface area contributed by atoms with Crippen LogP contribution >= 0.6 is 22.6 Å². The molecular formula is C35H30BF2IN10O4. The number of anilines is 2. The average Bonchev–Trinajstić information content (AvgIpc) is 3.77. The average molecular weight is 830 g/mol. The number of nitrogens with zero attached hydrogens (tertiary/aromatic N) is 6. The Morgan fingerprint density at radius 1 is 0.585 bits per heavy atom. The minimum atomic E-state index is -1.49. The van der Waals surface area contributed by atoms with E-state index in [1.807, 2.05) is 24.3 Å². The van der Waals surface area contributed by atoms with Gasteiger partial charge in [-0.1, -0.05) is 19.6 Å². The molecule has 0 saturated carbocycles. The molecule has 0 fully saturated rings. The molecule has 8 N–H and O–H groups in total. The maximum Gasteiger partial charge on any atom is 0.488 e. The van der Waals surface area contributed by atoms with Gasteiger partial charge in [0.2, 0.25) is 0 Å². The fourth-order valence-electron chi connectivity index (χ4n) is 4.61. The second-order valence-corrected chi connectivity index (χ2v) is 11.7. The Labute approximate surface area is 314 Å². The summed E-state index contributed by atoms with van der Waals surface area (Å²) >= 11 is 2.10. The molecular weight excluding hydrogens is 800 g/mol. The quantitative estimate of drug-likeness (QED) is 0.0839. The Balaban J connectivity index is 0.000000163. The number of hydrogen-bond acceptors (Lipinski definition) is 12. The number of nitrogens with one attached hydrogen (secondary N) is 2. The number of H-pyrrole nitrogens is 2. The van der Waals surface area contributed by atoms with Crippen LogP contribution in [0.4, 0.5) is 20.4 Å². The van der Waals surface area contributed by atoms with Crippen molar-refractivity contribution in [3.8, 4) is 34.3 Å². The van der Waals surface area contributed by atoms with Crippen molar-refractivity contribution >= 4 is 68.9 Å². The van der Waals surface area contributed by atoms with Gasteiger partial charge in [0.15, 0.2) is 11.3 Å². The minimum Gasteiger partial charge on any atom is -0.457 e. The number of benzene rings is 4. The highest BCUT2D eigenvalue weighted by Gasteiger charge is 2.13. The first-order valence-corrected chi connectivity index (χ1v) is 16.2. The van der Waals surface area contributed by atoms with Gasteiger partial charge < -0.3 is 31.0 Å². The Bertz CT molecular complexity index is 2400. The van der Waals surface area contributed by atoms with Crippen LogP contribution in [0, 0.1) is 15.3 Å². The number of hydrogen-bond donors (Lipinski definition) is 6. The molecule has 18 heteroatoms. The minimum absolute atomic E-state index is 0. The van der Waals surface area contributed by atoms with Gasteiger partial charge in [0, 0.05) is 5.56 Å². The van der Waals surface area contributed by atoms with Crippen LogP contribution < -0.4 is 26.4 Å². The van der Waals surface area contributed by atoms with Gasteiger partial charge in [-0.05, 0) is 113 Å². The lowest BCUT2D eigenvalue weighted by molar-refractivity contribution is 0.425. The standard InChI is InChI=1S/C17H12FN5O.C12H10BFO3.C5H4IN5.CH4/c18-11-3-7-13(8-4-11)24-12-5-1-10(2-6-12)15-14-16(19)20-9-21-17(14)23-22-15;14-10-3-7-12(8-4-10)17-11-5-1-9(2-6-11)13(15)16;6-3-2-4(7)8-1-9-5(2)11-10-3;/h1-9H,(H3,19,20,21,22,23);1-8,15-16H;1H,(H3,7,8,9,10,11);1H4. The molecule has 0 spiro atoms. The van der Waals surface area contributed by atoms with E-state index in [0.717, 1.165) is 20.3 Å². The number of rotatable bonds is 6. The van der Waals surface area contributed by atoms with E-state index in [-0.39, 0.29) is 19.1 Å². The molecule has 0 amide bonds. The van der Waals surface area contributed by atoms with Gasteiger partial charge in [-0.15, -0.1) is 0 Å². The van der Waals surface area contributed by atoms with E-state index in [4.69, 9.17) is 31.0 Å². The number of aromatic nitrogens is 8. The molecule has 0 aliphatic heterocycles. The van der Waals surface area contributed by atoms with Crippen LogP contribution in [0.25, 0.3) is 33.3 Å². The van der Waals surface area contributed by atoms with Gasteiger partial charge in [-0.3, -0.25) is 10.2 Å². The Kier molecular flexibility index (Phi) is 12.4. The van der Waals surface area contributed by atoms with Gasteiger partial charge in [-0.25, -0.2) is 28.7 Å². The van der Waals surface area contributed by atoms with Crippen molar-refractivity contribution in [2.24, 2.45) is 0 Å². The van der Waals surface area contributed by atoms with Crippen molar-refractivity contribution in [1.29, 1.82) is 0 Å². The van der Waals surface area contributed by atoms with Crippen LogP contribution in [0.15, 0.2) is 110 Å². The number of nitrogen functional groups attached to an aromatic ring is 2. The van der Waals surface area contributed by atoms with E-state index in [9.17, 15) is 8.78 Å². The summed E-state index contributed by atoms with van der Waals surface area (Å²) < 4.78 is 37.6. The highest BCUT2D eigenvalue weighted by atomic mass is 127. The van der Waals surface area contributed by atoms with Gasteiger partial charge in [0.1, 0.15) is 62.6 Å². The lowest BCUT2D eigenvalue weighted by Crippen LogP contribution is -2.29. The highest BCUT2D eigenvalue weighted by molar-refractivity contribution is 14.1. The Morgan fingerprint density at radius 3 is 1.47 bits per heavy atom. The summed E-state index contributed by atoms with van der Waals surface area (Å²) in [6.07, 6.45) is 2.77. The molecule has 0 saturated heterocycles. The Hall–Kier alpha value is -6.25. The second-order valence-electron chi connectivity index (χ2n) is 10.6. The van der Waals surface area contributed by atoms with Gasteiger partial charge >= 0.3 is 7.12 Å². The molecule has 14 nitrogen and oxygen atoms in total. The SMILES string of the molecule is C.Nc1ncnc2n[nH]c(-c3ccc(Oc4ccc(F)cc4)cc3)c12.Nc1ncnc2n[nH]c(I)c12.OB(O)c1ccc(Oc2ccc(F)cc2)cc1. The molecule has 8 rings (SSSR count). The predicted molar refractivity (Wildman–Crippen MR) is 206 cm³/mol. The van der Waals surface area contributed by atoms with E-state index >= 15 is 0 Å². The number of aromatic amines is 2. The summed E-state index contributed by atoms with van der Waals surface area (Å²) in [6, 6.07) is 25.2. The molecule has 0 bridgehead atoms. The van der Waals surface area contributed by atoms with E-state index in [1.54, 1.807) is 36.4 Å². The van der Waals surface area contributed by atoms with Gasteiger partial charge in [0.25, 0.3) is 0 Å². The zero-order chi connectivity index (χ0) is 36.6. The van der Waals surface area contributed by atoms with Crippen LogP contribution in [0.5, 0.6) is 23.0 Å². The van der Waals surface area contributed by atoms with Crippen LogP contribution in [0.2, 0.25) is 0 Å². The van der Waals surface area contributed by atoms with Crippen LogP contribution in [0.3, 0.4) is 0 Å². The lowest BCUT2D eigenvalue weighted by Gasteiger charge is -2.06. The number of halogens is 3. The van der Waals surface area contributed by atoms with Crippen molar-refractivity contribution in [3.05, 3.63) is 125 Å².